The van der Waals surface area contributed by atoms with Gasteiger partial charge in [-0.15, -0.1) is 0 Å². The Hall–Kier alpha value is -4.03. The summed E-state index contributed by atoms with van der Waals surface area (Å²) in [6.45, 7) is 2.47. The number of nitriles is 1. The van der Waals surface area contributed by atoms with E-state index >= 15 is 0 Å². The van der Waals surface area contributed by atoms with Crippen molar-refractivity contribution in [3.05, 3.63) is 107 Å². The minimum Gasteiger partial charge on any atom is -0.493 e. The molecule has 0 bridgehead atoms. The zero-order valence-corrected chi connectivity index (χ0v) is 17.6. The second kappa shape index (κ2) is 9.19. The predicted octanol–water partition coefficient (Wildman–Crippen LogP) is 6.80. The lowest BCUT2D eigenvalue weighted by Gasteiger charge is -2.13. The molecule has 0 aliphatic carbocycles. The lowest BCUT2D eigenvalue weighted by Crippen LogP contribution is -1.98. The average molecular weight is 405 g/mol. The number of ether oxygens (including phenoxy) is 2. The summed E-state index contributed by atoms with van der Waals surface area (Å²) in [6.07, 6.45) is 1.86. The highest BCUT2D eigenvalue weighted by molar-refractivity contribution is 5.90. The molecule has 0 aliphatic rings. The standard InChI is InChI=1S/C28H23NO2/c1-20-10-13-22(14-11-20)25(18-29)16-21-12-15-27(28(17-21)30-2)31-19-24-8-5-7-23-6-3-4-9-26(23)24/h3-17H,19H2,1-2H3/b25-16+. The first kappa shape index (κ1) is 20.3. The molecule has 31 heavy (non-hydrogen) atoms. The van der Waals surface area contributed by atoms with E-state index < -0.39 is 0 Å². The summed E-state index contributed by atoms with van der Waals surface area (Å²) in [6, 6.07) is 30.4. The molecule has 0 fully saturated rings. The fourth-order valence-corrected chi connectivity index (χ4v) is 3.55. The molecule has 0 spiro atoms. The van der Waals surface area contributed by atoms with Gasteiger partial charge in [-0.05, 0) is 52.6 Å². The molecule has 152 valence electrons. The molecule has 0 aliphatic heterocycles. The van der Waals surface area contributed by atoms with E-state index in [2.05, 4.69) is 30.3 Å². The zero-order chi connectivity index (χ0) is 21.6. The van der Waals surface area contributed by atoms with E-state index in [4.69, 9.17) is 9.47 Å². The molecule has 3 nitrogen and oxygen atoms in total. The van der Waals surface area contributed by atoms with Crippen molar-refractivity contribution in [1.29, 1.82) is 5.26 Å². The van der Waals surface area contributed by atoms with Crippen molar-refractivity contribution in [1.82, 2.24) is 0 Å². The van der Waals surface area contributed by atoms with Crippen LogP contribution < -0.4 is 9.47 Å². The van der Waals surface area contributed by atoms with Crippen molar-refractivity contribution in [3.63, 3.8) is 0 Å². The van der Waals surface area contributed by atoms with Crippen LogP contribution in [0.2, 0.25) is 0 Å². The van der Waals surface area contributed by atoms with Crippen molar-refractivity contribution in [2.45, 2.75) is 13.5 Å². The summed E-state index contributed by atoms with van der Waals surface area (Å²) >= 11 is 0. The topological polar surface area (TPSA) is 42.2 Å². The van der Waals surface area contributed by atoms with Crippen LogP contribution in [0.3, 0.4) is 0 Å². The van der Waals surface area contributed by atoms with Gasteiger partial charge in [-0.1, -0.05) is 78.4 Å². The van der Waals surface area contributed by atoms with Crippen molar-refractivity contribution < 1.29 is 9.47 Å². The Balaban J connectivity index is 1.58. The maximum atomic E-state index is 9.61. The SMILES string of the molecule is COc1cc(/C=C(\C#N)c2ccc(C)cc2)ccc1OCc1cccc2ccccc12. The molecule has 0 saturated heterocycles. The van der Waals surface area contributed by atoms with Gasteiger partial charge in [0.1, 0.15) is 6.61 Å². The third-order valence-electron chi connectivity index (χ3n) is 5.24. The van der Waals surface area contributed by atoms with Crippen molar-refractivity contribution >= 4 is 22.4 Å². The van der Waals surface area contributed by atoms with Crippen LogP contribution in [0.15, 0.2) is 84.9 Å². The highest BCUT2D eigenvalue weighted by atomic mass is 16.5. The predicted molar refractivity (Wildman–Crippen MR) is 126 cm³/mol. The first-order valence-electron chi connectivity index (χ1n) is 10.1. The molecule has 0 radical (unpaired) electrons. The Morgan fingerprint density at radius 3 is 2.45 bits per heavy atom. The Kier molecular flexibility index (Phi) is 6.01. The second-order valence-corrected chi connectivity index (χ2v) is 7.37. The zero-order valence-electron chi connectivity index (χ0n) is 17.6. The monoisotopic (exact) mass is 405 g/mol. The van der Waals surface area contributed by atoms with Gasteiger partial charge in [0.05, 0.1) is 18.8 Å². The largest absolute Gasteiger partial charge is 0.493 e. The van der Waals surface area contributed by atoms with E-state index in [1.807, 2.05) is 73.7 Å². The molecule has 3 heteroatoms. The molecule has 4 aromatic rings. The summed E-state index contributed by atoms with van der Waals surface area (Å²) in [4.78, 5) is 0. The number of nitrogens with zero attached hydrogens (tertiary/aromatic N) is 1. The Bertz CT molecular complexity index is 1280. The van der Waals surface area contributed by atoms with Crippen molar-refractivity contribution in [2.75, 3.05) is 7.11 Å². The average Bonchev–Trinajstić information content (AvgIpc) is 2.82. The lowest BCUT2D eigenvalue weighted by molar-refractivity contribution is 0.285. The molecule has 4 aromatic carbocycles. The molecule has 4 rings (SSSR count). The third kappa shape index (κ3) is 4.60. The molecular weight excluding hydrogens is 382 g/mol. The maximum absolute atomic E-state index is 9.61. The van der Waals surface area contributed by atoms with Crippen LogP contribution in [-0.4, -0.2) is 7.11 Å². The normalized spacial score (nSPS) is 11.2. The first-order chi connectivity index (χ1) is 15.2. The highest BCUT2D eigenvalue weighted by Gasteiger charge is 2.08. The number of benzene rings is 4. The Labute approximate surface area is 182 Å². The molecule has 0 aromatic heterocycles. The van der Waals surface area contributed by atoms with Crippen LogP contribution in [0.25, 0.3) is 22.4 Å². The number of fused-ring (bicyclic) bond motifs is 1. The second-order valence-electron chi connectivity index (χ2n) is 7.37. The summed E-state index contributed by atoms with van der Waals surface area (Å²) in [5.74, 6) is 1.30. The molecular formula is C28H23NO2. The first-order valence-corrected chi connectivity index (χ1v) is 10.1. The fourth-order valence-electron chi connectivity index (χ4n) is 3.55. The Morgan fingerprint density at radius 1 is 0.903 bits per heavy atom. The highest BCUT2D eigenvalue weighted by Crippen LogP contribution is 2.31. The van der Waals surface area contributed by atoms with Gasteiger partial charge in [0, 0.05) is 0 Å². The van der Waals surface area contributed by atoms with E-state index in [0.29, 0.717) is 23.7 Å². The van der Waals surface area contributed by atoms with Gasteiger partial charge < -0.3 is 9.47 Å². The smallest absolute Gasteiger partial charge is 0.161 e. The number of allylic oxidation sites excluding steroid dienone is 1. The molecule has 0 N–H and O–H groups in total. The van der Waals surface area contributed by atoms with E-state index in [1.165, 1.54) is 10.8 Å². The van der Waals surface area contributed by atoms with E-state index in [0.717, 1.165) is 22.3 Å². The molecule has 0 heterocycles. The van der Waals surface area contributed by atoms with Crippen LogP contribution in [0.1, 0.15) is 22.3 Å². The number of hydrogen-bond acceptors (Lipinski definition) is 3. The molecule has 0 saturated carbocycles. The molecule has 0 atom stereocenters. The van der Waals surface area contributed by atoms with Gasteiger partial charge in [-0.3, -0.25) is 0 Å². The Morgan fingerprint density at radius 2 is 1.68 bits per heavy atom. The number of rotatable bonds is 6. The minimum atomic E-state index is 0.444. The van der Waals surface area contributed by atoms with Gasteiger partial charge in [-0.2, -0.15) is 5.26 Å². The minimum absolute atomic E-state index is 0.444. The maximum Gasteiger partial charge on any atom is 0.161 e. The number of methoxy groups -OCH3 is 1. The third-order valence-corrected chi connectivity index (χ3v) is 5.24. The van der Waals surface area contributed by atoms with Gasteiger partial charge in [0.2, 0.25) is 0 Å². The van der Waals surface area contributed by atoms with Gasteiger partial charge in [-0.25, -0.2) is 0 Å². The van der Waals surface area contributed by atoms with Crippen LogP contribution >= 0.6 is 0 Å². The van der Waals surface area contributed by atoms with Crippen molar-refractivity contribution in [3.8, 4) is 17.6 Å². The summed E-state index contributed by atoms with van der Waals surface area (Å²) < 4.78 is 11.7. The fraction of sp³-hybridized carbons (Fsp3) is 0.107. The van der Waals surface area contributed by atoms with Crippen LogP contribution in [0.4, 0.5) is 0 Å². The summed E-state index contributed by atoms with van der Waals surface area (Å²) in [5.41, 5.74) is 4.66. The van der Waals surface area contributed by atoms with Crippen LogP contribution in [-0.2, 0) is 6.61 Å². The van der Waals surface area contributed by atoms with Gasteiger partial charge >= 0.3 is 0 Å². The number of hydrogen-bond donors (Lipinski definition) is 0. The van der Waals surface area contributed by atoms with Gasteiger partial charge in [0.25, 0.3) is 0 Å². The molecule has 0 unspecified atom stereocenters. The van der Waals surface area contributed by atoms with E-state index in [-0.39, 0.29) is 0 Å². The molecule has 0 amide bonds. The summed E-state index contributed by atoms with van der Waals surface area (Å²) in [7, 11) is 1.62. The number of aryl methyl sites for hydroxylation is 1. The van der Waals surface area contributed by atoms with Crippen LogP contribution in [0, 0.1) is 18.3 Å². The van der Waals surface area contributed by atoms with Crippen molar-refractivity contribution in [2.24, 2.45) is 0 Å². The van der Waals surface area contributed by atoms with Gasteiger partial charge in [0.15, 0.2) is 11.5 Å². The quantitative estimate of drug-likeness (QED) is 0.262. The van der Waals surface area contributed by atoms with E-state index in [1.54, 1.807) is 7.11 Å². The van der Waals surface area contributed by atoms with E-state index in [9.17, 15) is 5.26 Å². The van der Waals surface area contributed by atoms with Crippen LogP contribution in [0.5, 0.6) is 11.5 Å². The summed E-state index contributed by atoms with van der Waals surface area (Å²) in [5, 5.41) is 12.0. The lowest BCUT2D eigenvalue weighted by atomic mass is 10.0.